The first-order chi connectivity index (χ1) is 7.95. The predicted octanol–water partition coefficient (Wildman–Crippen LogP) is 2.40. The molecule has 1 amide bonds. The average Bonchev–Trinajstić information content (AvgIpc) is 2.66. The molecule has 0 aromatic carbocycles. The molecular weight excluding hydrogens is 212 g/mol. The van der Waals surface area contributed by atoms with Gasteiger partial charge in [0.25, 0.3) is 0 Å². The third-order valence-corrected chi connectivity index (χ3v) is 4.42. The maximum absolute atomic E-state index is 12.6. The van der Waals surface area contributed by atoms with Crippen LogP contribution in [0, 0.1) is 11.3 Å². The number of hydrogen-bond acceptors (Lipinski definition) is 2. The van der Waals surface area contributed by atoms with Gasteiger partial charge in [0.1, 0.15) is 0 Å². The van der Waals surface area contributed by atoms with Crippen LogP contribution < -0.4 is 5.73 Å². The van der Waals surface area contributed by atoms with Crippen molar-refractivity contribution in [2.24, 2.45) is 17.1 Å². The molecule has 0 radical (unpaired) electrons. The Morgan fingerprint density at radius 3 is 2.59 bits per heavy atom. The van der Waals surface area contributed by atoms with Crippen molar-refractivity contribution in [3.05, 3.63) is 0 Å². The lowest BCUT2D eigenvalue weighted by Gasteiger charge is -2.35. The number of nitrogens with zero attached hydrogens (tertiary/aromatic N) is 1. The molecule has 1 fully saturated rings. The fourth-order valence-corrected chi connectivity index (χ4v) is 2.68. The monoisotopic (exact) mass is 240 g/mol. The maximum atomic E-state index is 12.6. The largest absolute Gasteiger partial charge is 0.342 e. The van der Waals surface area contributed by atoms with Crippen molar-refractivity contribution >= 4 is 5.91 Å². The molecular formula is C14H28N2O. The van der Waals surface area contributed by atoms with E-state index in [0.29, 0.717) is 5.92 Å². The summed E-state index contributed by atoms with van der Waals surface area (Å²) >= 11 is 0. The SMILES string of the molecule is CCC(C)CN(CC)C(=O)C1(C)CCCC1N. The van der Waals surface area contributed by atoms with E-state index < -0.39 is 0 Å². The van der Waals surface area contributed by atoms with Gasteiger partial charge < -0.3 is 10.6 Å². The van der Waals surface area contributed by atoms with E-state index in [9.17, 15) is 4.79 Å². The van der Waals surface area contributed by atoms with E-state index >= 15 is 0 Å². The van der Waals surface area contributed by atoms with Crippen molar-refractivity contribution in [1.82, 2.24) is 4.90 Å². The molecule has 0 heterocycles. The molecule has 2 N–H and O–H groups in total. The van der Waals surface area contributed by atoms with Gasteiger partial charge in [0, 0.05) is 19.1 Å². The summed E-state index contributed by atoms with van der Waals surface area (Å²) in [6.07, 6.45) is 4.14. The zero-order chi connectivity index (χ0) is 13.1. The van der Waals surface area contributed by atoms with E-state index in [4.69, 9.17) is 5.73 Å². The highest BCUT2D eigenvalue weighted by Gasteiger charge is 2.44. The van der Waals surface area contributed by atoms with Gasteiger partial charge in [-0.15, -0.1) is 0 Å². The number of amides is 1. The van der Waals surface area contributed by atoms with Gasteiger partial charge in [0.15, 0.2) is 0 Å². The molecule has 1 aliphatic carbocycles. The Balaban J connectivity index is 2.71. The fraction of sp³-hybridized carbons (Fsp3) is 0.929. The highest BCUT2D eigenvalue weighted by atomic mass is 16.2. The number of hydrogen-bond donors (Lipinski definition) is 1. The first-order valence-electron chi connectivity index (χ1n) is 7.00. The molecule has 0 aromatic rings. The number of carbonyl (C=O) groups is 1. The Kier molecular flexibility index (Phi) is 4.99. The molecule has 3 nitrogen and oxygen atoms in total. The fourth-order valence-electron chi connectivity index (χ4n) is 2.68. The maximum Gasteiger partial charge on any atom is 0.230 e. The molecule has 1 rings (SSSR count). The number of rotatable bonds is 5. The van der Waals surface area contributed by atoms with E-state index in [0.717, 1.165) is 38.8 Å². The smallest absolute Gasteiger partial charge is 0.230 e. The van der Waals surface area contributed by atoms with Crippen LogP contribution in [0.25, 0.3) is 0 Å². The van der Waals surface area contributed by atoms with Crippen LogP contribution in [-0.2, 0) is 4.79 Å². The summed E-state index contributed by atoms with van der Waals surface area (Å²) in [5.74, 6) is 0.838. The van der Waals surface area contributed by atoms with Crippen LogP contribution in [0.2, 0.25) is 0 Å². The van der Waals surface area contributed by atoms with Gasteiger partial charge in [-0.2, -0.15) is 0 Å². The molecule has 1 aliphatic rings. The van der Waals surface area contributed by atoms with Crippen LogP contribution in [0.4, 0.5) is 0 Å². The lowest BCUT2D eigenvalue weighted by molar-refractivity contribution is -0.142. The Morgan fingerprint density at radius 2 is 2.18 bits per heavy atom. The summed E-state index contributed by atoms with van der Waals surface area (Å²) in [4.78, 5) is 14.6. The van der Waals surface area contributed by atoms with Gasteiger partial charge in [-0.05, 0) is 32.6 Å². The molecule has 3 atom stereocenters. The Bertz CT molecular complexity index is 267. The Morgan fingerprint density at radius 1 is 1.53 bits per heavy atom. The first-order valence-corrected chi connectivity index (χ1v) is 7.00. The van der Waals surface area contributed by atoms with Gasteiger partial charge in [-0.25, -0.2) is 0 Å². The van der Waals surface area contributed by atoms with Gasteiger partial charge >= 0.3 is 0 Å². The normalized spacial score (nSPS) is 30.3. The first kappa shape index (κ1) is 14.5. The Labute approximate surface area is 106 Å². The van der Waals surface area contributed by atoms with Crippen LogP contribution in [-0.4, -0.2) is 29.9 Å². The van der Waals surface area contributed by atoms with Crippen molar-refractivity contribution in [2.75, 3.05) is 13.1 Å². The van der Waals surface area contributed by atoms with Crippen molar-refractivity contribution < 1.29 is 4.79 Å². The van der Waals surface area contributed by atoms with E-state index in [2.05, 4.69) is 20.8 Å². The minimum Gasteiger partial charge on any atom is -0.342 e. The molecule has 17 heavy (non-hydrogen) atoms. The second kappa shape index (κ2) is 5.85. The molecule has 0 spiro atoms. The van der Waals surface area contributed by atoms with Crippen molar-refractivity contribution in [3.63, 3.8) is 0 Å². The summed E-state index contributed by atoms with van der Waals surface area (Å²) in [6.45, 7) is 10.1. The summed E-state index contributed by atoms with van der Waals surface area (Å²) in [5.41, 5.74) is 5.81. The highest BCUT2D eigenvalue weighted by molar-refractivity contribution is 5.83. The van der Waals surface area contributed by atoms with E-state index in [1.165, 1.54) is 0 Å². The molecule has 0 aromatic heterocycles. The highest BCUT2D eigenvalue weighted by Crippen LogP contribution is 2.38. The topological polar surface area (TPSA) is 46.3 Å². The second-order valence-electron chi connectivity index (χ2n) is 5.77. The number of carbonyl (C=O) groups excluding carboxylic acids is 1. The summed E-state index contributed by atoms with van der Waals surface area (Å²) in [5, 5.41) is 0. The second-order valence-corrected chi connectivity index (χ2v) is 5.77. The Hall–Kier alpha value is -0.570. The zero-order valence-corrected chi connectivity index (χ0v) is 11.8. The molecule has 3 heteroatoms. The molecule has 1 saturated carbocycles. The minimum atomic E-state index is -0.316. The van der Waals surface area contributed by atoms with Crippen LogP contribution in [0.3, 0.4) is 0 Å². The van der Waals surface area contributed by atoms with Gasteiger partial charge in [-0.1, -0.05) is 26.7 Å². The number of nitrogens with two attached hydrogens (primary N) is 1. The molecule has 100 valence electrons. The van der Waals surface area contributed by atoms with Crippen LogP contribution in [0.5, 0.6) is 0 Å². The van der Waals surface area contributed by atoms with Gasteiger partial charge in [0.2, 0.25) is 5.91 Å². The third kappa shape index (κ3) is 3.01. The molecule has 0 saturated heterocycles. The third-order valence-electron chi connectivity index (χ3n) is 4.42. The van der Waals surface area contributed by atoms with E-state index in [1.807, 2.05) is 11.8 Å². The van der Waals surface area contributed by atoms with Gasteiger partial charge in [0.05, 0.1) is 5.41 Å². The average molecular weight is 240 g/mol. The van der Waals surface area contributed by atoms with Crippen molar-refractivity contribution in [1.29, 1.82) is 0 Å². The summed E-state index contributed by atoms with van der Waals surface area (Å²) < 4.78 is 0. The lowest BCUT2D eigenvalue weighted by atomic mass is 9.83. The minimum absolute atomic E-state index is 0.0426. The molecule has 0 aliphatic heterocycles. The van der Waals surface area contributed by atoms with Crippen molar-refractivity contribution in [2.45, 2.75) is 59.4 Å². The zero-order valence-electron chi connectivity index (χ0n) is 11.8. The van der Waals surface area contributed by atoms with E-state index in [-0.39, 0.29) is 17.4 Å². The van der Waals surface area contributed by atoms with E-state index in [1.54, 1.807) is 0 Å². The lowest BCUT2D eigenvalue weighted by Crippen LogP contribution is -2.50. The summed E-state index contributed by atoms with van der Waals surface area (Å²) in [6, 6.07) is 0.0426. The van der Waals surface area contributed by atoms with Gasteiger partial charge in [-0.3, -0.25) is 4.79 Å². The quantitative estimate of drug-likeness (QED) is 0.802. The van der Waals surface area contributed by atoms with Crippen molar-refractivity contribution in [3.8, 4) is 0 Å². The van der Waals surface area contributed by atoms with Crippen LogP contribution in [0.1, 0.15) is 53.4 Å². The van der Waals surface area contributed by atoms with Crippen LogP contribution in [0.15, 0.2) is 0 Å². The molecule has 0 bridgehead atoms. The standard InChI is InChI=1S/C14H28N2O/c1-5-11(3)10-16(6-2)13(17)14(4)9-7-8-12(14)15/h11-12H,5-10,15H2,1-4H3. The predicted molar refractivity (Wildman–Crippen MR) is 71.6 cm³/mol. The summed E-state index contributed by atoms with van der Waals surface area (Å²) in [7, 11) is 0. The van der Waals surface area contributed by atoms with Crippen LogP contribution >= 0.6 is 0 Å². The molecule has 3 unspecified atom stereocenters.